The number of carbonyl (C=O) groups is 1. The summed E-state index contributed by atoms with van der Waals surface area (Å²) in [7, 11) is 0. The number of para-hydroxylation sites is 1. The van der Waals surface area contributed by atoms with Crippen molar-refractivity contribution < 1.29 is 4.79 Å². The van der Waals surface area contributed by atoms with Crippen molar-refractivity contribution >= 4 is 16.8 Å². The molecule has 0 aliphatic rings. The largest absolute Gasteiger partial charge is 0.292 e. The second-order valence-electron chi connectivity index (χ2n) is 5.88. The summed E-state index contributed by atoms with van der Waals surface area (Å²) in [5.74, 6) is -0.0370. The van der Waals surface area contributed by atoms with Crippen molar-refractivity contribution in [3.8, 4) is 0 Å². The van der Waals surface area contributed by atoms with Gasteiger partial charge in [0.25, 0.3) is 0 Å². The van der Waals surface area contributed by atoms with Gasteiger partial charge in [0, 0.05) is 5.56 Å². The number of benzene rings is 2. The van der Waals surface area contributed by atoms with E-state index in [9.17, 15) is 4.79 Å². The van der Waals surface area contributed by atoms with Gasteiger partial charge in [-0.05, 0) is 19.1 Å². The van der Waals surface area contributed by atoms with Gasteiger partial charge in [-0.25, -0.2) is 14.3 Å². The minimum Gasteiger partial charge on any atom is -0.292 e. The van der Waals surface area contributed by atoms with Crippen LogP contribution in [0.3, 0.4) is 0 Å². The summed E-state index contributed by atoms with van der Waals surface area (Å²) in [4.78, 5) is 17.0. The van der Waals surface area contributed by atoms with Crippen LogP contribution in [0.25, 0.3) is 11.0 Å². The Balaban J connectivity index is 1.72. The Hall–Kier alpha value is -3.35. The fraction of sp³-hybridized carbons (Fsp3) is 0.167. The van der Waals surface area contributed by atoms with Crippen LogP contribution in [-0.4, -0.2) is 35.5 Å². The molecule has 0 spiro atoms. The summed E-state index contributed by atoms with van der Waals surface area (Å²) in [5.41, 5.74) is 3.42. The molecular formula is C18H16N6O. The van der Waals surface area contributed by atoms with Gasteiger partial charge in [0.1, 0.15) is 24.2 Å². The van der Waals surface area contributed by atoms with Crippen molar-refractivity contribution in [3.05, 3.63) is 72.3 Å². The van der Waals surface area contributed by atoms with Crippen molar-refractivity contribution in [3.63, 3.8) is 0 Å². The highest BCUT2D eigenvalue weighted by molar-refractivity contribution is 5.99. The fourth-order valence-corrected chi connectivity index (χ4v) is 2.79. The molecule has 2 aromatic heterocycles. The number of nitrogens with zero attached hydrogens (tertiary/aromatic N) is 6. The summed E-state index contributed by atoms with van der Waals surface area (Å²) < 4.78 is 3.30. The molecule has 2 aromatic carbocycles. The first-order valence-electron chi connectivity index (χ1n) is 7.95. The minimum atomic E-state index is -0.546. The van der Waals surface area contributed by atoms with Crippen LogP contribution in [0.15, 0.2) is 61.2 Å². The molecule has 2 heterocycles. The molecule has 124 valence electrons. The molecule has 0 N–H and O–H groups in total. The van der Waals surface area contributed by atoms with E-state index < -0.39 is 6.04 Å². The molecule has 1 atom stereocenters. The molecule has 7 nitrogen and oxygen atoms in total. The standard InChI is InChI=1S/C18H16N6O/c1-13-6-8-14(9-7-13)18(25)17(24-12-19-11-20-24)10-23-16-5-3-2-4-15(16)21-22-23/h2-9,11-12,17H,10H2,1H3/t17-/m1/s1. The SMILES string of the molecule is Cc1ccc(C(=O)[C@@H](Cn2nnc3ccccc32)n2cncn2)cc1. The lowest BCUT2D eigenvalue weighted by atomic mass is 10.0. The Morgan fingerprint density at radius 3 is 2.68 bits per heavy atom. The van der Waals surface area contributed by atoms with Crippen LogP contribution < -0.4 is 0 Å². The third-order valence-electron chi connectivity index (χ3n) is 4.16. The smallest absolute Gasteiger partial charge is 0.189 e. The average Bonchev–Trinajstić information content (AvgIpc) is 3.30. The Morgan fingerprint density at radius 1 is 1.12 bits per heavy atom. The van der Waals surface area contributed by atoms with E-state index >= 15 is 0 Å². The molecule has 0 fully saturated rings. The number of ketones is 1. The highest BCUT2D eigenvalue weighted by atomic mass is 16.1. The highest BCUT2D eigenvalue weighted by Crippen LogP contribution is 2.19. The van der Waals surface area contributed by atoms with Crippen LogP contribution in [0.2, 0.25) is 0 Å². The minimum absolute atomic E-state index is 0.0370. The number of aryl methyl sites for hydroxylation is 1. The summed E-state index contributed by atoms with van der Waals surface area (Å²) in [6, 6.07) is 14.6. The number of carbonyl (C=O) groups excluding carboxylic acids is 1. The first kappa shape index (κ1) is 15.2. The number of rotatable bonds is 5. The number of hydrogen-bond donors (Lipinski definition) is 0. The highest BCUT2D eigenvalue weighted by Gasteiger charge is 2.24. The number of Topliss-reactive ketones (excluding diaryl/α,β-unsaturated/α-hetero) is 1. The van der Waals surface area contributed by atoms with Crippen molar-refractivity contribution in [2.24, 2.45) is 0 Å². The van der Waals surface area contributed by atoms with E-state index in [1.807, 2.05) is 55.5 Å². The van der Waals surface area contributed by atoms with Gasteiger partial charge < -0.3 is 0 Å². The average molecular weight is 332 g/mol. The van der Waals surface area contributed by atoms with E-state index in [0.717, 1.165) is 16.6 Å². The molecule has 0 amide bonds. The molecule has 0 saturated carbocycles. The quantitative estimate of drug-likeness (QED) is 0.525. The van der Waals surface area contributed by atoms with Crippen molar-refractivity contribution in [2.45, 2.75) is 19.5 Å². The maximum atomic E-state index is 13.1. The molecule has 0 unspecified atom stereocenters. The fourth-order valence-electron chi connectivity index (χ4n) is 2.79. The molecule has 0 bridgehead atoms. The van der Waals surface area contributed by atoms with Gasteiger partial charge in [0.2, 0.25) is 0 Å². The Bertz CT molecular complexity index is 1000. The Labute approximate surface area is 143 Å². The normalized spacial score (nSPS) is 12.4. The first-order valence-corrected chi connectivity index (χ1v) is 7.95. The molecule has 0 aliphatic carbocycles. The maximum absolute atomic E-state index is 13.1. The van der Waals surface area contributed by atoms with E-state index in [1.165, 1.54) is 6.33 Å². The molecule has 4 aromatic rings. The lowest BCUT2D eigenvalue weighted by Gasteiger charge is -2.16. The van der Waals surface area contributed by atoms with Crippen molar-refractivity contribution in [1.29, 1.82) is 0 Å². The second kappa shape index (κ2) is 6.27. The van der Waals surface area contributed by atoms with E-state index in [1.54, 1.807) is 15.7 Å². The van der Waals surface area contributed by atoms with Gasteiger partial charge in [0.15, 0.2) is 5.78 Å². The van der Waals surface area contributed by atoms with Crippen molar-refractivity contribution in [1.82, 2.24) is 29.8 Å². The lowest BCUT2D eigenvalue weighted by Crippen LogP contribution is -2.25. The predicted octanol–water partition coefficient (Wildman–Crippen LogP) is 2.46. The third-order valence-corrected chi connectivity index (χ3v) is 4.16. The monoisotopic (exact) mass is 332 g/mol. The first-order chi connectivity index (χ1) is 12.2. The number of aromatic nitrogens is 6. The second-order valence-corrected chi connectivity index (χ2v) is 5.88. The van der Waals surface area contributed by atoms with Gasteiger partial charge in [-0.2, -0.15) is 5.10 Å². The van der Waals surface area contributed by atoms with Gasteiger partial charge in [-0.15, -0.1) is 5.10 Å². The van der Waals surface area contributed by atoms with Crippen LogP contribution in [-0.2, 0) is 6.54 Å². The zero-order valence-corrected chi connectivity index (χ0v) is 13.6. The molecule has 0 saturated heterocycles. The van der Waals surface area contributed by atoms with E-state index in [2.05, 4.69) is 20.4 Å². The number of fused-ring (bicyclic) bond motifs is 1. The molecule has 0 aliphatic heterocycles. The van der Waals surface area contributed by atoms with Crippen LogP contribution in [0, 0.1) is 6.92 Å². The van der Waals surface area contributed by atoms with Crippen molar-refractivity contribution in [2.75, 3.05) is 0 Å². The topological polar surface area (TPSA) is 78.5 Å². The molecule has 25 heavy (non-hydrogen) atoms. The van der Waals surface area contributed by atoms with Gasteiger partial charge in [-0.1, -0.05) is 47.2 Å². The van der Waals surface area contributed by atoms with Gasteiger partial charge in [0.05, 0.1) is 12.1 Å². The lowest BCUT2D eigenvalue weighted by molar-refractivity contribution is 0.0902. The van der Waals surface area contributed by atoms with E-state index in [-0.39, 0.29) is 5.78 Å². The van der Waals surface area contributed by atoms with Crippen LogP contribution in [0.1, 0.15) is 22.0 Å². The Kier molecular flexibility index (Phi) is 3.81. The molecular weight excluding hydrogens is 316 g/mol. The van der Waals surface area contributed by atoms with Gasteiger partial charge >= 0.3 is 0 Å². The van der Waals surface area contributed by atoms with E-state index in [4.69, 9.17) is 0 Å². The van der Waals surface area contributed by atoms with Gasteiger partial charge in [-0.3, -0.25) is 4.79 Å². The predicted molar refractivity (Wildman–Crippen MR) is 92.1 cm³/mol. The summed E-state index contributed by atoms with van der Waals surface area (Å²) in [5, 5.41) is 12.5. The summed E-state index contributed by atoms with van der Waals surface area (Å²) in [6.07, 6.45) is 2.98. The zero-order chi connectivity index (χ0) is 17.2. The summed E-state index contributed by atoms with van der Waals surface area (Å²) >= 11 is 0. The molecule has 0 radical (unpaired) electrons. The molecule has 7 heteroatoms. The van der Waals surface area contributed by atoms with Crippen LogP contribution in [0.4, 0.5) is 0 Å². The Morgan fingerprint density at radius 2 is 1.92 bits per heavy atom. The zero-order valence-electron chi connectivity index (χ0n) is 13.6. The third kappa shape index (κ3) is 2.91. The summed E-state index contributed by atoms with van der Waals surface area (Å²) in [6.45, 7) is 2.32. The van der Waals surface area contributed by atoms with Crippen LogP contribution in [0.5, 0.6) is 0 Å². The van der Waals surface area contributed by atoms with E-state index in [0.29, 0.717) is 12.1 Å². The number of hydrogen-bond acceptors (Lipinski definition) is 5. The maximum Gasteiger partial charge on any atom is 0.189 e. The molecule has 4 rings (SSSR count). The van der Waals surface area contributed by atoms with Crippen LogP contribution >= 0.6 is 0 Å².